The maximum atomic E-state index is 12.9. The highest BCUT2D eigenvalue weighted by Gasteiger charge is 2.18. The van der Waals surface area contributed by atoms with E-state index in [-0.39, 0.29) is 11.3 Å². The summed E-state index contributed by atoms with van der Waals surface area (Å²) in [7, 11) is 0. The summed E-state index contributed by atoms with van der Waals surface area (Å²) in [5.41, 5.74) is 7.48. The summed E-state index contributed by atoms with van der Waals surface area (Å²) < 4.78 is 7.16. The van der Waals surface area contributed by atoms with Gasteiger partial charge in [-0.05, 0) is 56.2 Å². The van der Waals surface area contributed by atoms with E-state index in [9.17, 15) is 14.4 Å². The Kier molecular flexibility index (Phi) is 6.86. The van der Waals surface area contributed by atoms with Crippen molar-refractivity contribution < 1.29 is 14.3 Å². The zero-order valence-electron chi connectivity index (χ0n) is 19.7. The molecule has 9 heteroatoms. The quantitative estimate of drug-likeness (QED) is 0.418. The molecule has 4 rings (SSSR count). The third-order valence-electron chi connectivity index (χ3n) is 5.50. The Balaban J connectivity index is 1.48. The molecule has 9 nitrogen and oxygen atoms in total. The Labute approximate surface area is 201 Å². The lowest BCUT2D eigenvalue weighted by molar-refractivity contribution is 0.0843. The lowest BCUT2D eigenvalue weighted by atomic mass is 10.1. The predicted octanol–water partition coefficient (Wildman–Crippen LogP) is 3.08. The van der Waals surface area contributed by atoms with E-state index in [2.05, 4.69) is 20.9 Å². The van der Waals surface area contributed by atoms with Crippen molar-refractivity contribution in [3.63, 3.8) is 0 Å². The van der Waals surface area contributed by atoms with Crippen molar-refractivity contribution in [3.8, 4) is 5.75 Å². The number of nitrogens with one attached hydrogen (secondary N) is 2. The number of carbonyl (C=O) groups is 2. The molecular formula is C26H25N5O4. The van der Waals surface area contributed by atoms with Crippen LogP contribution in [0.1, 0.15) is 44.5 Å². The molecule has 0 aliphatic rings. The van der Waals surface area contributed by atoms with Gasteiger partial charge < -0.3 is 4.74 Å². The molecule has 0 bridgehead atoms. The van der Waals surface area contributed by atoms with Crippen LogP contribution >= 0.6 is 0 Å². The first-order valence-corrected chi connectivity index (χ1v) is 11.1. The fourth-order valence-corrected chi connectivity index (χ4v) is 3.81. The largest absolute Gasteiger partial charge is 0.488 e. The molecule has 0 aliphatic heterocycles. The van der Waals surface area contributed by atoms with Crippen LogP contribution in [-0.2, 0) is 13.2 Å². The first-order valence-electron chi connectivity index (χ1n) is 11.1. The van der Waals surface area contributed by atoms with Gasteiger partial charge in [-0.2, -0.15) is 5.10 Å². The summed E-state index contributed by atoms with van der Waals surface area (Å²) in [6, 6.07) is 13.9. The minimum absolute atomic E-state index is 0.0499. The molecule has 0 atom stereocenters. The zero-order chi connectivity index (χ0) is 24.9. The fourth-order valence-electron chi connectivity index (χ4n) is 3.81. The fraction of sp³-hybridized carbons (Fsp3) is 0.192. The van der Waals surface area contributed by atoms with Gasteiger partial charge in [0.05, 0.1) is 5.39 Å². The van der Waals surface area contributed by atoms with E-state index in [1.54, 1.807) is 55.7 Å². The average molecular weight is 472 g/mol. The smallest absolute Gasteiger partial charge is 0.290 e. The number of fused-ring (bicyclic) bond motifs is 1. The Morgan fingerprint density at radius 3 is 2.31 bits per heavy atom. The van der Waals surface area contributed by atoms with Gasteiger partial charge in [-0.25, -0.2) is 4.68 Å². The average Bonchev–Trinajstić information content (AvgIpc) is 2.87. The number of amides is 2. The number of pyridine rings is 1. The first kappa shape index (κ1) is 23.6. The number of aromatic nitrogens is 3. The van der Waals surface area contributed by atoms with Crippen molar-refractivity contribution in [2.45, 2.75) is 33.9 Å². The second-order valence-electron chi connectivity index (χ2n) is 8.01. The molecule has 2 N–H and O–H groups in total. The Morgan fingerprint density at radius 1 is 0.971 bits per heavy atom. The van der Waals surface area contributed by atoms with Gasteiger partial charge >= 0.3 is 0 Å². The molecule has 2 aromatic carbocycles. The Hall–Kier alpha value is -4.53. The van der Waals surface area contributed by atoms with Crippen LogP contribution in [0, 0.1) is 13.8 Å². The standard InChI is InChI=1S/C26H25N5O4/c1-4-31-26(34)21-10-6-5-9-20(21)22(30-31)25(33)29-28-24(32)19-12-16(2)23(17(3)13-19)35-15-18-8-7-11-27-14-18/h5-14H,4,15H2,1-3H3,(H,28,32)(H,29,33). The number of rotatable bonds is 6. The summed E-state index contributed by atoms with van der Waals surface area (Å²) in [5.74, 6) is -0.426. The molecule has 0 spiro atoms. The Morgan fingerprint density at radius 2 is 1.66 bits per heavy atom. The lowest BCUT2D eigenvalue weighted by Crippen LogP contribution is -2.42. The second kappa shape index (κ2) is 10.2. The zero-order valence-corrected chi connectivity index (χ0v) is 19.7. The van der Waals surface area contributed by atoms with Gasteiger partial charge in [0, 0.05) is 35.5 Å². The van der Waals surface area contributed by atoms with E-state index >= 15 is 0 Å². The first-order chi connectivity index (χ1) is 16.9. The highest BCUT2D eigenvalue weighted by atomic mass is 16.5. The van der Waals surface area contributed by atoms with Crippen LogP contribution in [0.5, 0.6) is 5.75 Å². The third kappa shape index (κ3) is 5.03. The molecular weight excluding hydrogens is 446 g/mol. The van der Waals surface area contributed by atoms with Gasteiger partial charge in [0.2, 0.25) is 0 Å². The molecule has 2 aromatic heterocycles. The van der Waals surface area contributed by atoms with Crippen molar-refractivity contribution in [2.75, 3.05) is 0 Å². The number of aryl methyl sites for hydroxylation is 3. The highest BCUT2D eigenvalue weighted by Crippen LogP contribution is 2.25. The molecule has 35 heavy (non-hydrogen) atoms. The molecule has 0 saturated heterocycles. The van der Waals surface area contributed by atoms with E-state index in [0.717, 1.165) is 16.7 Å². The van der Waals surface area contributed by atoms with E-state index in [4.69, 9.17) is 4.74 Å². The van der Waals surface area contributed by atoms with Gasteiger partial charge in [0.15, 0.2) is 5.69 Å². The molecule has 0 aliphatic carbocycles. The van der Waals surface area contributed by atoms with Gasteiger partial charge in [-0.15, -0.1) is 0 Å². The van der Waals surface area contributed by atoms with Crippen molar-refractivity contribution in [1.82, 2.24) is 25.6 Å². The number of carbonyl (C=O) groups excluding carboxylic acids is 2. The van der Waals surface area contributed by atoms with Crippen LogP contribution in [0.2, 0.25) is 0 Å². The summed E-state index contributed by atoms with van der Waals surface area (Å²) >= 11 is 0. The van der Waals surface area contributed by atoms with Gasteiger partial charge in [-0.1, -0.05) is 24.3 Å². The van der Waals surface area contributed by atoms with Crippen LogP contribution in [0.4, 0.5) is 0 Å². The molecule has 0 radical (unpaired) electrons. The van der Waals surface area contributed by atoms with Gasteiger partial charge in [0.25, 0.3) is 17.4 Å². The number of hydrogen-bond acceptors (Lipinski definition) is 6. The molecule has 4 aromatic rings. The number of hydrogen-bond donors (Lipinski definition) is 2. The van der Waals surface area contributed by atoms with Crippen LogP contribution in [0.15, 0.2) is 65.7 Å². The van der Waals surface area contributed by atoms with Crippen LogP contribution < -0.4 is 21.1 Å². The number of hydrazine groups is 1. The number of benzene rings is 2. The predicted molar refractivity (Wildman–Crippen MR) is 131 cm³/mol. The van der Waals surface area contributed by atoms with Gasteiger partial charge in [-0.3, -0.25) is 30.2 Å². The molecule has 2 amide bonds. The summed E-state index contributed by atoms with van der Waals surface area (Å²) in [4.78, 5) is 42.2. The van der Waals surface area contributed by atoms with E-state index in [0.29, 0.717) is 35.2 Å². The van der Waals surface area contributed by atoms with E-state index in [1.165, 1.54) is 4.68 Å². The van der Waals surface area contributed by atoms with Crippen molar-refractivity contribution >= 4 is 22.6 Å². The molecule has 2 heterocycles. The molecule has 178 valence electrons. The van der Waals surface area contributed by atoms with Crippen LogP contribution in [-0.4, -0.2) is 26.6 Å². The number of nitrogens with zero attached hydrogens (tertiary/aromatic N) is 3. The van der Waals surface area contributed by atoms with Crippen molar-refractivity contribution in [1.29, 1.82) is 0 Å². The number of ether oxygens (including phenoxy) is 1. The summed E-state index contributed by atoms with van der Waals surface area (Å²) in [5, 5.41) is 4.97. The SMILES string of the molecule is CCn1nc(C(=O)NNC(=O)c2cc(C)c(OCc3cccnc3)c(C)c2)c2ccccc2c1=O. The molecule has 0 unspecified atom stereocenters. The lowest BCUT2D eigenvalue weighted by Gasteiger charge is -2.15. The van der Waals surface area contributed by atoms with Crippen LogP contribution in [0.3, 0.4) is 0 Å². The second-order valence-corrected chi connectivity index (χ2v) is 8.01. The monoisotopic (exact) mass is 471 g/mol. The van der Waals surface area contributed by atoms with E-state index in [1.807, 2.05) is 26.0 Å². The third-order valence-corrected chi connectivity index (χ3v) is 5.50. The Bertz CT molecular complexity index is 1440. The van der Waals surface area contributed by atoms with Gasteiger partial charge in [0.1, 0.15) is 12.4 Å². The van der Waals surface area contributed by atoms with Crippen LogP contribution in [0.25, 0.3) is 10.8 Å². The summed E-state index contributed by atoms with van der Waals surface area (Å²) in [6.07, 6.45) is 3.44. The van der Waals surface area contributed by atoms with E-state index < -0.39 is 11.8 Å². The van der Waals surface area contributed by atoms with Crippen molar-refractivity contribution in [2.24, 2.45) is 0 Å². The normalized spacial score (nSPS) is 10.7. The molecule has 0 saturated carbocycles. The minimum atomic E-state index is -0.624. The summed E-state index contributed by atoms with van der Waals surface area (Å²) in [6.45, 7) is 6.14. The topological polar surface area (TPSA) is 115 Å². The maximum absolute atomic E-state index is 12.9. The minimum Gasteiger partial charge on any atom is -0.488 e. The highest BCUT2D eigenvalue weighted by molar-refractivity contribution is 6.06. The molecule has 0 fully saturated rings. The maximum Gasteiger partial charge on any atom is 0.290 e. The van der Waals surface area contributed by atoms with Crippen molar-refractivity contribution in [3.05, 3.63) is 99.2 Å².